The fourth-order valence-corrected chi connectivity index (χ4v) is 1.71. The average molecular weight is 221 g/mol. The summed E-state index contributed by atoms with van der Waals surface area (Å²) in [6.45, 7) is 3.01. The molecule has 0 atom stereocenters. The molecular formula is C11H15N3O2. The monoisotopic (exact) mass is 221 g/mol. The molecule has 5 heteroatoms. The minimum atomic E-state index is -1.03. The Bertz CT molecular complexity index is 391. The van der Waals surface area contributed by atoms with Crippen LogP contribution in [0.2, 0.25) is 0 Å². The van der Waals surface area contributed by atoms with Gasteiger partial charge in [-0.1, -0.05) is 6.92 Å². The van der Waals surface area contributed by atoms with Gasteiger partial charge in [-0.3, -0.25) is 4.98 Å². The van der Waals surface area contributed by atoms with Crippen molar-refractivity contribution in [2.75, 3.05) is 11.4 Å². The van der Waals surface area contributed by atoms with Gasteiger partial charge in [-0.2, -0.15) is 0 Å². The standard InChI is InChI=1S/C11H15N3O2/c1-2-5-14(8-3-4-8)10-7-12-6-9(13-10)11(15)16/h6-8H,2-5H2,1H3,(H,15,16). The molecule has 5 nitrogen and oxygen atoms in total. The highest BCUT2D eigenvalue weighted by Crippen LogP contribution is 2.30. The van der Waals surface area contributed by atoms with E-state index in [1.807, 2.05) is 0 Å². The van der Waals surface area contributed by atoms with Gasteiger partial charge < -0.3 is 10.0 Å². The van der Waals surface area contributed by atoms with E-state index >= 15 is 0 Å². The van der Waals surface area contributed by atoms with E-state index in [1.54, 1.807) is 6.20 Å². The Balaban J connectivity index is 2.22. The van der Waals surface area contributed by atoms with Crippen molar-refractivity contribution in [2.24, 2.45) is 0 Å². The first kappa shape index (κ1) is 10.9. The maximum Gasteiger partial charge on any atom is 0.356 e. The van der Waals surface area contributed by atoms with E-state index in [0.717, 1.165) is 13.0 Å². The first-order chi connectivity index (χ1) is 7.72. The van der Waals surface area contributed by atoms with Gasteiger partial charge in [0.05, 0.1) is 12.4 Å². The third kappa shape index (κ3) is 2.29. The second-order valence-corrected chi connectivity index (χ2v) is 3.99. The van der Waals surface area contributed by atoms with Gasteiger partial charge in [0.2, 0.25) is 0 Å². The van der Waals surface area contributed by atoms with Crippen molar-refractivity contribution < 1.29 is 9.90 Å². The van der Waals surface area contributed by atoms with Crippen LogP contribution in [0.3, 0.4) is 0 Å². The molecule has 0 aliphatic heterocycles. The van der Waals surface area contributed by atoms with E-state index in [9.17, 15) is 4.79 Å². The zero-order valence-corrected chi connectivity index (χ0v) is 9.26. The number of carboxylic acid groups (broad SMARTS) is 1. The number of aromatic carboxylic acids is 1. The molecule has 1 aliphatic carbocycles. The zero-order chi connectivity index (χ0) is 11.5. The van der Waals surface area contributed by atoms with Gasteiger partial charge >= 0.3 is 5.97 Å². The van der Waals surface area contributed by atoms with Crippen LogP contribution in [0.1, 0.15) is 36.7 Å². The number of rotatable bonds is 5. The highest BCUT2D eigenvalue weighted by atomic mass is 16.4. The lowest BCUT2D eigenvalue weighted by Gasteiger charge is -2.22. The lowest BCUT2D eigenvalue weighted by Crippen LogP contribution is -2.28. The van der Waals surface area contributed by atoms with Crippen molar-refractivity contribution in [2.45, 2.75) is 32.2 Å². The molecule has 0 spiro atoms. The van der Waals surface area contributed by atoms with Gasteiger partial charge in [0.15, 0.2) is 5.69 Å². The molecule has 0 amide bonds. The number of aromatic nitrogens is 2. The molecule has 2 rings (SSSR count). The summed E-state index contributed by atoms with van der Waals surface area (Å²) in [5.74, 6) is -0.342. The van der Waals surface area contributed by atoms with Gasteiger partial charge in [-0.15, -0.1) is 0 Å². The van der Waals surface area contributed by atoms with E-state index in [4.69, 9.17) is 5.11 Å². The molecule has 86 valence electrons. The molecule has 16 heavy (non-hydrogen) atoms. The molecule has 1 saturated carbocycles. The summed E-state index contributed by atoms with van der Waals surface area (Å²) in [5, 5.41) is 8.85. The fraction of sp³-hybridized carbons (Fsp3) is 0.545. The molecule has 0 bridgehead atoms. The normalized spacial score (nSPS) is 14.8. The smallest absolute Gasteiger partial charge is 0.356 e. The van der Waals surface area contributed by atoms with E-state index in [0.29, 0.717) is 11.9 Å². The first-order valence-electron chi connectivity index (χ1n) is 5.54. The third-order valence-corrected chi connectivity index (χ3v) is 2.59. The second-order valence-electron chi connectivity index (χ2n) is 3.99. The Morgan fingerprint density at radius 1 is 1.56 bits per heavy atom. The van der Waals surface area contributed by atoms with Gasteiger partial charge in [0.25, 0.3) is 0 Å². The highest BCUT2D eigenvalue weighted by Gasteiger charge is 2.29. The van der Waals surface area contributed by atoms with Crippen LogP contribution in [0.4, 0.5) is 5.82 Å². The SMILES string of the molecule is CCCN(c1cncc(C(=O)O)n1)C1CC1. The molecule has 1 fully saturated rings. The summed E-state index contributed by atoms with van der Waals surface area (Å²) in [6, 6.07) is 0.526. The van der Waals surface area contributed by atoms with Gasteiger partial charge in [-0.05, 0) is 19.3 Å². The largest absolute Gasteiger partial charge is 0.476 e. The molecule has 1 aromatic heterocycles. The quantitative estimate of drug-likeness (QED) is 0.817. The van der Waals surface area contributed by atoms with Crippen molar-refractivity contribution in [3.8, 4) is 0 Å². The molecule has 0 unspecified atom stereocenters. The Kier molecular flexibility index (Phi) is 3.03. The zero-order valence-electron chi connectivity index (χ0n) is 9.26. The van der Waals surface area contributed by atoms with Gasteiger partial charge in [0, 0.05) is 12.6 Å². The minimum absolute atomic E-state index is 0.0132. The number of carbonyl (C=O) groups is 1. The lowest BCUT2D eigenvalue weighted by molar-refractivity contribution is 0.0690. The maximum atomic E-state index is 10.8. The van der Waals surface area contributed by atoms with Crippen molar-refractivity contribution in [3.05, 3.63) is 18.1 Å². The minimum Gasteiger partial charge on any atom is -0.476 e. The summed E-state index contributed by atoms with van der Waals surface area (Å²) in [7, 11) is 0. The van der Waals surface area contributed by atoms with Crippen molar-refractivity contribution in [3.63, 3.8) is 0 Å². The molecule has 0 saturated heterocycles. The van der Waals surface area contributed by atoms with Crippen LogP contribution < -0.4 is 4.90 Å². The van der Waals surface area contributed by atoms with Crippen LogP contribution in [-0.4, -0.2) is 33.6 Å². The van der Waals surface area contributed by atoms with Crippen molar-refractivity contribution in [1.29, 1.82) is 0 Å². The first-order valence-corrected chi connectivity index (χ1v) is 5.54. The molecule has 1 heterocycles. The molecule has 0 aromatic carbocycles. The molecular weight excluding hydrogens is 206 g/mol. The van der Waals surface area contributed by atoms with Gasteiger partial charge in [-0.25, -0.2) is 9.78 Å². The molecule has 1 N–H and O–H groups in total. The number of anilines is 1. The predicted molar refractivity (Wildman–Crippen MR) is 59.7 cm³/mol. The number of nitrogens with zero attached hydrogens (tertiary/aromatic N) is 3. The Morgan fingerprint density at radius 2 is 2.31 bits per heavy atom. The predicted octanol–water partition coefficient (Wildman–Crippen LogP) is 1.55. The number of hydrogen-bond donors (Lipinski definition) is 1. The van der Waals surface area contributed by atoms with Crippen LogP contribution in [0.15, 0.2) is 12.4 Å². The second kappa shape index (κ2) is 4.47. The average Bonchev–Trinajstić information content (AvgIpc) is 3.10. The van der Waals surface area contributed by atoms with Crippen LogP contribution in [-0.2, 0) is 0 Å². The Labute approximate surface area is 94.1 Å². The number of carboxylic acids is 1. The maximum absolute atomic E-state index is 10.8. The van der Waals surface area contributed by atoms with Crippen LogP contribution in [0.25, 0.3) is 0 Å². The van der Waals surface area contributed by atoms with E-state index in [-0.39, 0.29) is 5.69 Å². The van der Waals surface area contributed by atoms with E-state index < -0.39 is 5.97 Å². The highest BCUT2D eigenvalue weighted by molar-refractivity contribution is 5.85. The summed E-state index contributed by atoms with van der Waals surface area (Å²) >= 11 is 0. The van der Waals surface area contributed by atoms with Crippen LogP contribution in [0.5, 0.6) is 0 Å². The summed E-state index contributed by atoms with van der Waals surface area (Å²) in [6.07, 6.45) is 6.27. The van der Waals surface area contributed by atoms with E-state index in [1.165, 1.54) is 19.0 Å². The topological polar surface area (TPSA) is 66.3 Å². The van der Waals surface area contributed by atoms with Crippen LogP contribution >= 0.6 is 0 Å². The summed E-state index contributed by atoms with van der Waals surface area (Å²) in [5.41, 5.74) is 0.0132. The lowest BCUT2D eigenvalue weighted by atomic mass is 10.3. The van der Waals surface area contributed by atoms with Crippen LogP contribution in [0, 0.1) is 0 Å². The number of hydrogen-bond acceptors (Lipinski definition) is 4. The van der Waals surface area contributed by atoms with Gasteiger partial charge in [0.1, 0.15) is 5.82 Å². The van der Waals surface area contributed by atoms with E-state index in [2.05, 4.69) is 21.8 Å². The van der Waals surface area contributed by atoms with Crippen molar-refractivity contribution >= 4 is 11.8 Å². The Hall–Kier alpha value is -1.65. The summed E-state index contributed by atoms with van der Waals surface area (Å²) in [4.78, 5) is 21.0. The van der Waals surface area contributed by atoms with Crippen molar-refractivity contribution in [1.82, 2.24) is 9.97 Å². The molecule has 1 aromatic rings. The fourth-order valence-electron chi connectivity index (χ4n) is 1.71. The molecule has 0 radical (unpaired) electrons. The Morgan fingerprint density at radius 3 is 2.88 bits per heavy atom. The molecule has 1 aliphatic rings. The third-order valence-electron chi connectivity index (χ3n) is 2.59. The summed E-state index contributed by atoms with van der Waals surface area (Å²) < 4.78 is 0.